The summed E-state index contributed by atoms with van der Waals surface area (Å²) >= 11 is 0. The van der Waals surface area contributed by atoms with Crippen LogP contribution in [-0.2, 0) is 28.2 Å². The molecule has 0 spiro atoms. The molecule has 0 fully saturated rings. The van der Waals surface area contributed by atoms with Crippen molar-refractivity contribution in [3.63, 3.8) is 0 Å². The molecule has 0 aliphatic carbocycles. The summed E-state index contributed by atoms with van der Waals surface area (Å²) in [5.41, 5.74) is 0. The summed E-state index contributed by atoms with van der Waals surface area (Å²) in [6.07, 6.45) is -0.797. The third-order valence-corrected chi connectivity index (χ3v) is 2.04. The van der Waals surface area contributed by atoms with Gasteiger partial charge in [-0.3, -0.25) is 4.52 Å². The molecule has 8 heteroatoms. The molecule has 0 saturated carbocycles. The number of hydrogen-bond donors (Lipinski definition) is 1. The highest BCUT2D eigenvalue weighted by Crippen LogP contribution is 2.49. The molecule has 0 saturated heterocycles. The summed E-state index contributed by atoms with van der Waals surface area (Å²) in [5.74, 6) is 0. The molecular weight excluding hydrogens is 227 g/mol. The third kappa shape index (κ3) is 7.87. The molecule has 0 rings (SSSR count). The topological polar surface area (TPSA) is 83.5 Å². The summed E-state index contributed by atoms with van der Waals surface area (Å²) in [7, 11) is -3.91. The van der Waals surface area contributed by atoms with Gasteiger partial charge in [-0.05, 0) is 20.8 Å². The first-order valence-corrected chi connectivity index (χ1v) is 6.05. The predicted molar refractivity (Wildman–Crippen MR) is 50.7 cm³/mol. The van der Waals surface area contributed by atoms with Gasteiger partial charge in [-0.15, -0.1) is 9.35 Å². The van der Waals surface area contributed by atoms with Crippen molar-refractivity contribution in [1.29, 1.82) is 0 Å². The summed E-state index contributed by atoms with van der Waals surface area (Å²) in [6.45, 7) is 4.89. The average Bonchev–Trinajstić information content (AvgIpc) is 2.21. The summed E-state index contributed by atoms with van der Waals surface area (Å²) in [4.78, 5) is 8.91. The van der Waals surface area contributed by atoms with Crippen LogP contribution in [0.15, 0.2) is 0 Å². The Labute approximate surface area is 88.7 Å². The van der Waals surface area contributed by atoms with Crippen molar-refractivity contribution in [2.75, 3.05) is 19.8 Å². The lowest BCUT2D eigenvalue weighted by Crippen LogP contribution is -2.11. The number of aliphatic hydroxyl groups excluding tert-OH is 1. The van der Waals surface area contributed by atoms with Crippen LogP contribution in [-0.4, -0.2) is 31.0 Å². The molecule has 0 aliphatic rings. The van der Waals surface area contributed by atoms with Crippen LogP contribution in [0.5, 0.6) is 0 Å². The fraction of sp³-hybridized carbons (Fsp3) is 1.00. The van der Waals surface area contributed by atoms with Crippen LogP contribution in [0.3, 0.4) is 0 Å². The van der Waals surface area contributed by atoms with Gasteiger partial charge in [0, 0.05) is 0 Å². The Kier molecular flexibility index (Phi) is 8.17. The number of hydrogen-bond acceptors (Lipinski definition) is 7. The highest BCUT2D eigenvalue weighted by atomic mass is 31.2. The standard InChI is InChI=1S/C7H17O7P/c1-4-10-13-15(9,14-11-5-2)12-6-7(3)8/h7-8H,4-6H2,1-3H3. The first kappa shape index (κ1) is 15.0. The van der Waals surface area contributed by atoms with Crippen molar-refractivity contribution >= 4 is 7.82 Å². The van der Waals surface area contributed by atoms with Crippen molar-refractivity contribution in [2.24, 2.45) is 0 Å². The monoisotopic (exact) mass is 244 g/mol. The molecule has 0 radical (unpaired) electrons. The molecule has 0 aromatic rings. The molecular formula is C7H17O7P. The van der Waals surface area contributed by atoms with E-state index < -0.39 is 13.9 Å². The Bertz CT molecular complexity index is 184. The van der Waals surface area contributed by atoms with Crippen LogP contribution in [0.1, 0.15) is 20.8 Å². The van der Waals surface area contributed by atoms with Gasteiger partial charge < -0.3 is 5.11 Å². The van der Waals surface area contributed by atoms with Gasteiger partial charge in [-0.25, -0.2) is 14.3 Å². The lowest BCUT2D eigenvalue weighted by Gasteiger charge is -2.15. The zero-order valence-corrected chi connectivity index (χ0v) is 9.94. The molecule has 15 heavy (non-hydrogen) atoms. The number of phosphoric acid groups is 1. The maximum atomic E-state index is 11.6. The molecule has 92 valence electrons. The first-order valence-electron chi connectivity index (χ1n) is 4.59. The highest BCUT2D eigenvalue weighted by molar-refractivity contribution is 7.48. The van der Waals surface area contributed by atoms with E-state index in [1.807, 2.05) is 0 Å². The van der Waals surface area contributed by atoms with Gasteiger partial charge in [0.1, 0.15) is 0 Å². The minimum Gasteiger partial charge on any atom is -0.391 e. The maximum absolute atomic E-state index is 11.6. The van der Waals surface area contributed by atoms with Crippen LogP contribution in [0.4, 0.5) is 0 Å². The SMILES string of the molecule is CCOOP(=O)(OCC(C)O)OOCC. The van der Waals surface area contributed by atoms with Crippen molar-refractivity contribution in [1.82, 2.24) is 0 Å². The largest absolute Gasteiger partial charge is 0.529 e. The summed E-state index contributed by atoms with van der Waals surface area (Å²) < 4.78 is 25.1. The van der Waals surface area contributed by atoms with Crippen LogP contribution in [0.2, 0.25) is 0 Å². The molecule has 1 unspecified atom stereocenters. The van der Waals surface area contributed by atoms with Gasteiger partial charge >= 0.3 is 7.82 Å². The fourth-order valence-corrected chi connectivity index (χ4v) is 1.47. The highest BCUT2D eigenvalue weighted by Gasteiger charge is 2.30. The molecule has 0 aliphatic heterocycles. The molecule has 1 N–H and O–H groups in total. The van der Waals surface area contributed by atoms with E-state index >= 15 is 0 Å². The second-order valence-corrected chi connectivity index (χ2v) is 4.00. The van der Waals surface area contributed by atoms with E-state index in [-0.39, 0.29) is 19.8 Å². The average molecular weight is 244 g/mol. The summed E-state index contributed by atoms with van der Waals surface area (Å²) in [6, 6.07) is 0. The van der Waals surface area contributed by atoms with Crippen LogP contribution in [0.25, 0.3) is 0 Å². The zero-order chi connectivity index (χ0) is 11.7. The second-order valence-electron chi connectivity index (χ2n) is 2.55. The Hall–Kier alpha value is -0.0100. The van der Waals surface area contributed by atoms with E-state index in [1.54, 1.807) is 13.8 Å². The normalized spacial score (nSPS) is 14.1. The third-order valence-electron chi connectivity index (χ3n) is 0.998. The van der Waals surface area contributed by atoms with Gasteiger partial charge in [0.25, 0.3) is 0 Å². The molecule has 0 bridgehead atoms. The minimum absolute atomic E-state index is 0.178. The van der Waals surface area contributed by atoms with Crippen molar-refractivity contribution in [3.05, 3.63) is 0 Å². The van der Waals surface area contributed by atoms with Crippen LogP contribution in [0, 0.1) is 0 Å². The Morgan fingerprint density at radius 2 is 1.67 bits per heavy atom. The summed E-state index contributed by atoms with van der Waals surface area (Å²) in [5, 5.41) is 8.93. The quantitative estimate of drug-likeness (QED) is 0.373. The molecule has 0 amide bonds. The maximum Gasteiger partial charge on any atom is 0.529 e. The van der Waals surface area contributed by atoms with E-state index in [0.717, 1.165) is 0 Å². The Morgan fingerprint density at radius 1 is 1.20 bits per heavy atom. The fourth-order valence-electron chi connectivity index (χ4n) is 0.489. The Morgan fingerprint density at radius 3 is 2.00 bits per heavy atom. The number of rotatable bonds is 9. The predicted octanol–water partition coefficient (Wildman–Crippen LogP) is 1.43. The number of aliphatic hydroxyl groups is 1. The van der Waals surface area contributed by atoms with Crippen LogP contribution >= 0.6 is 7.82 Å². The molecule has 1 atom stereocenters. The molecule has 0 aromatic heterocycles. The lowest BCUT2D eigenvalue weighted by atomic mass is 10.5. The minimum atomic E-state index is -3.91. The van der Waals surface area contributed by atoms with E-state index in [9.17, 15) is 4.57 Å². The second kappa shape index (κ2) is 8.18. The molecule has 0 heterocycles. The first-order chi connectivity index (χ1) is 7.04. The van der Waals surface area contributed by atoms with Crippen molar-refractivity contribution in [3.8, 4) is 0 Å². The van der Waals surface area contributed by atoms with Gasteiger partial charge in [-0.2, -0.15) is 0 Å². The van der Waals surface area contributed by atoms with E-state index in [1.165, 1.54) is 6.92 Å². The van der Waals surface area contributed by atoms with Crippen molar-refractivity contribution < 1.29 is 33.3 Å². The molecule has 0 aromatic carbocycles. The van der Waals surface area contributed by atoms with Gasteiger partial charge in [0.05, 0.1) is 25.9 Å². The van der Waals surface area contributed by atoms with E-state index in [0.29, 0.717) is 0 Å². The van der Waals surface area contributed by atoms with Gasteiger partial charge in [-0.1, -0.05) is 0 Å². The smallest absolute Gasteiger partial charge is 0.391 e. The van der Waals surface area contributed by atoms with Crippen molar-refractivity contribution in [2.45, 2.75) is 26.9 Å². The van der Waals surface area contributed by atoms with Crippen LogP contribution < -0.4 is 0 Å². The Balaban J connectivity index is 4.08. The van der Waals surface area contributed by atoms with Gasteiger partial charge in [0.15, 0.2) is 0 Å². The lowest BCUT2D eigenvalue weighted by molar-refractivity contribution is -0.279. The van der Waals surface area contributed by atoms with E-state index in [4.69, 9.17) is 9.63 Å². The van der Waals surface area contributed by atoms with E-state index in [2.05, 4.69) is 19.1 Å². The van der Waals surface area contributed by atoms with Gasteiger partial charge in [0.2, 0.25) is 0 Å². The molecule has 7 nitrogen and oxygen atoms in total. The zero-order valence-electron chi connectivity index (χ0n) is 9.04.